The summed E-state index contributed by atoms with van der Waals surface area (Å²) in [5.74, 6) is -1.26. The van der Waals surface area contributed by atoms with Crippen molar-refractivity contribution in [3.8, 4) is 0 Å². The summed E-state index contributed by atoms with van der Waals surface area (Å²) in [6.07, 6.45) is 1.81. The Balaban J connectivity index is 0. The lowest BCUT2D eigenvalue weighted by Gasteiger charge is -2.34. The van der Waals surface area contributed by atoms with E-state index in [4.69, 9.17) is 0 Å². The molecule has 0 saturated heterocycles. The van der Waals surface area contributed by atoms with Gasteiger partial charge < -0.3 is 21.2 Å². The summed E-state index contributed by atoms with van der Waals surface area (Å²) in [6.45, 7) is 5.65. The van der Waals surface area contributed by atoms with Gasteiger partial charge in [-0.3, -0.25) is 0 Å². The third-order valence-electron chi connectivity index (χ3n) is 2.89. The van der Waals surface area contributed by atoms with Gasteiger partial charge in [-0.25, -0.2) is 0 Å². The SMILES string of the molecule is CCC(CC(=O)[O-])C(O)(CC)CC.[NH4+]. The zero-order valence-electron chi connectivity index (χ0n) is 9.67. The van der Waals surface area contributed by atoms with Crippen LogP contribution in [0, 0.1) is 5.92 Å². The van der Waals surface area contributed by atoms with Crippen LogP contribution in [0.3, 0.4) is 0 Å². The quantitative estimate of drug-likeness (QED) is 0.679. The fraction of sp³-hybridized carbons (Fsp3) is 0.900. The number of quaternary nitrogens is 1. The second-order valence-corrected chi connectivity index (χ2v) is 3.49. The monoisotopic (exact) mass is 205 g/mol. The molecule has 0 rings (SSSR count). The lowest BCUT2D eigenvalue weighted by atomic mass is 9.79. The van der Waals surface area contributed by atoms with Crippen molar-refractivity contribution in [3.05, 3.63) is 0 Å². The van der Waals surface area contributed by atoms with Crippen molar-refractivity contribution in [2.24, 2.45) is 5.92 Å². The van der Waals surface area contributed by atoms with Crippen molar-refractivity contribution in [1.82, 2.24) is 6.15 Å². The third kappa shape index (κ3) is 4.07. The van der Waals surface area contributed by atoms with Gasteiger partial charge in [-0.15, -0.1) is 0 Å². The minimum atomic E-state index is -1.08. The van der Waals surface area contributed by atoms with Gasteiger partial charge >= 0.3 is 0 Å². The maximum absolute atomic E-state index is 10.4. The first kappa shape index (κ1) is 15.8. The van der Waals surface area contributed by atoms with Gasteiger partial charge in [0, 0.05) is 5.97 Å². The Morgan fingerprint density at radius 2 is 1.79 bits per heavy atom. The van der Waals surface area contributed by atoms with Crippen molar-refractivity contribution < 1.29 is 15.0 Å². The second kappa shape index (κ2) is 6.79. The summed E-state index contributed by atoms with van der Waals surface area (Å²) >= 11 is 0. The highest BCUT2D eigenvalue weighted by Gasteiger charge is 2.31. The zero-order valence-corrected chi connectivity index (χ0v) is 9.67. The standard InChI is InChI=1S/C10H20O3.H3N/c1-4-8(7-9(11)12)10(13,5-2)6-3;/h8,13H,4-7H2,1-3H3,(H,11,12);1H3. The highest BCUT2D eigenvalue weighted by atomic mass is 16.4. The van der Waals surface area contributed by atoms with Crippen LogP contribution in [-0.4, -0.2) is 16.7 Å². The summed E-state index contributed by atoms with van der Waals surface area (Å²) in [4.78, 5) is 10.4. The van der Waals surface area contributed by atoms with E-state index < -0.39 is 11.6 Å². The van der Waals surface area contributed by atoms with E-state index in [0.29, 0.717) is 19.3 Å². The average Bonchev–Trinajstić information content (AvgIpc) is 2.12. The first-order chi connectivity index (χ1) is 6.00. The zero-order chi connectivity index (χ0) is 10.5. The number of carbonyl (C=O) groups excluding carboxylic acids is 1. The third-order valence-corrected chi connectivity index (χ3v) is 2.89. The minimum Gasteiger partial charge on any atom is -0.550 e. The van der Waals surface area contributed by atoms with Gasteiger partial charge in [0.1, 0.15) is 0 Å². The maximum atomic E-state index is 10.4. The summed E-state index contributed by atoms with van der Waals surface area (Å²) in [7, 11) is 0. The molecule has 0 aliphatic carbocycles. The first-order valence-corrected chi connectivity index (χ1v) is 4.92. The molecule has 0 fully saturated rings. The number of aliphatic carboxylic acids is 1. The summed E-state index contributed by atoms with van der Waals surface area (Å²) < 4.78 is 0. The number of hydrogen-bond acceptors (Lipinski definition) is 3. The van der Waals surface area contributed by atoms with Gasteiger partial charge in [-0.1, -0.05) is 27.2 Å². The molecule has 0 heterocycles. The molecule has 0 spiro atoms. The van der Waals surface area contributed by atoms with E-state index in [1.54, 1.807) is 0 Å². The topological polar surface area (TPSA) is 96.9 Å². The van der Waals surface area contributed by atoms with Crippen LogP contribution >= 0.6 is 0 Å². The van der Waals surface area contributed by atoms with E-state index >= 15 is 0 Å². The molecule has 14 heavy (non-hydrogen) atoms. The minimum absolute atomic E-state index is 0. The Morgan fingerprint density at radius 1 is 1.36 bits per heavy atom. The van der Waals surface area contributed by atoms with E-state index in [9.17, 15) is 15.0 Å². The van der Waals surface area contributed by atoms with Crippen LogP contribution in [0.2, 0.25) is 0 Å². The number of hydrogen-bond donors (Lipinski definition) is 2. The Kier molecular flexibility index (Phi) is 7.68. The van der Waals surface area contributed by atoms with E-state index in [-0.39, 0.29) is 18.5 Å². The summed E-state index contributed by atoms with van der Waals surface area (Å²) in [5.41, 5.74) is -0.838. The fourth-order valence-corrected chi connectivity index (χ4v) is 1.74. The average molecular weight is 205 g/mol. The number of carboxylic acid groups (broad SMARTS) is 1. The molecular formula is C10H23NO3. The molecule has 0 aliphatic heterocycles. The maximum Gasteiger partial charge on any atom is 0.0674 e. The first-order valence-electron chi connectivity index (χ1n) is 4.92. The molecule has 5 N–H and O–H groups in total. The van der Waals surface area contributed by atoms with Crippen molar-refractivity contribution >= 4 is 5.97 Å². The lowest BCUT2D eigenvalue weighted by Crippen LogP contribution is -2.40. The number of aliphatic hydroxyl groups is 1. The van der Waals surface area contributed by atoms with E-state index in [2.05, 4.69) is 0 Å². The molecule has 4 nitrogen and oxygen atoms in total. The van der Waals surface area contributed by atoms with Crippen molar-refractivity contribution in [2.45, 2.75) is 52.1 Å². The van der Waals surface area contributed by atoms with Gasteiger partial charge in [0.25, 0.3) is 0 Å². The summed E-state index contributed by atoms with van der Waals surface area (Å²) in [6, 6.07) is 0. The fourth-order valence-electron chi connectivity index (χ4n) is 1.74. The molecule has 0 aromatic carbocycles. The highest BCUT2D eigenvalue weighted by Crippen LogP contribution is 2.30. The van der Waals surface area contributed by atoms with Gasteiger partial charge in [-0.05, 0) is 25.2 Å². The smallest absolute Gasteiger partial charge is 0.0674 e. The number of carbonyl (C=O) groups is 1. The van der Waals surface area contributed by atoms with Crippen LogP contribution in [0.5, 0.6) is 0 Å². The molecule has 0 aromatic heterocycles. The van der Waals surface area contributed by atoms with Gasteiger partial charge in [-0.2, -0.15) is 0 Å². The molecule has 1 unspecified atom stereocenters. The van der Waals surface area contributed by atoms with E-state index in [0.717, 1.165) is 0 Å². The van der Waals surface area contributed by atoms with Gasteiger partial charge in [0.15, 0.2) is 0 Å². The molecule has 0 bridgehead atoms. The highest BCUT2D eigenvalue weighted by molar-refractivity contribution is 5.64. The van der Waals surface area contributed by atoms with Crippen molar-refractivity contribution in [1.29, 1.82) is 0 Å². The van der Waals surface area contributed by atoms with Gasteiger partial charge in [0.2, 0.25) is 0 Å². The van der Waals surface area contributed by atoms with E-state index in [1.165, 1.54) is 0 Å². The van der Waals surface area contributed by atoms with E-state index in [1.807, 2.05) is 20.8 Å². The predicted molar refractivity (Wildman–Crippen MR) is 54.9 cm³/mol. The molecule has 0 aliphatic rings. The van der Waals surface area contributed by atoms with Crippen LogP contribution < -0.4 is 11.3 Å². The van der Waals surface area contributed by atoms with Crippen LogP contribution in [0.4, 0.5) is 0 Å². The molecule has 0 radical (unpaired) electrons. The molecule has 0 amide bonds. The van der Waals surface area contributed by atoms with Crippen molar-refractivity contribution in [3.63, 3.8) is 0 Å². The van der Waals surface area contributed by atoms with Crippen LogP contribution in [0.25, 0.3) is 0 Å². The van der Waals surface area contributed by atoms with Crippen LogP contribution in [0.15, 0.2) is 0 Å². The van der Waals surface area contributed by atoms with Crippen molar-refractivity contribution in [2.75, 3.05) is 0 Å². The second-order valence-electron chi connectivity index (χ2n) is 3.49. The Hall–Kier alpha value is -0.610. The molecule has 1 atom stereocenters. The largest absolute Gasteiger partial charge is 0.550 e. The Bertz CT molecular complexity index is 167. The van der Waals surface area contributed by atoms with Crippen LogP contribution in [0.1, 0.15) is 46.5 Å². The number of carboxylic acids is 1. The number of rotatable bonds is 6. The normalized spacial score (nSPS) is 13.1. The summed E-state index contributed by atoms with van der Waals surface area (Å²) in [5, 5.41) is 20.5. The Labute approximate surface area is 85.9 Å². The molecule has 0 saturated carbocycles. The lowest BCUT2D eigenvalue weighted by molar-refractivity contribution is -0.308. The molecular weight excluding hydrogens is 182 g/mol. The molecule has 0 aromatic rings. The molecule has 86 valence electrons. The van der Waals surface area contributed by atoms with Crippen LogP contribution in [-0.2, 0) is 4.79 Å². The van der Waals surface area contributed by atoms with Gasteiger partial charge in [0.05, 0.1) is 5.60 Å². The molecule has 4 heteroatoms. The Morgan fingerprint density at radius 3 is 2.00 bits per heavy atom. The predicted octanol–water partition coefficient (Wildman–Crippen LogP) is 1.08.